The van der Waals surface area contributed by atoms with Crippen LogP contribution in [0.25, 0.3) is 11.3 Å². The number of piperazine rings is 1. The number of nitrogens with zero attached hydrogens (tertiary/aromatic N) is 5. The van der Waals surface area contributed by atoms with Gasteiger partial charge in [0.2, 0.25) is 10.0 Å². The molecule has 158 valence electrons. The second-order valence-corrected chi connectivity index (χ2v) is 9.78. The van der Waals surface area contributed by atoms with E-state index < -0.39 is 10.0 Å². The molecule has 0 unspecified atom stereocenters. The number of hydrogen-bond acceptors (Lipinski definition) is 5. The van der Waals surface area contributed by atoms with Gasteiger partial charge in [0.15, 0.2) is 0 Å². The second kappa shape index (κ2) is 8.67. The molecule has 1 saturated heterocycles. The zero-order valence-corrected chi connectivity index (χ0v) is 18.2. The molecule has 2 aromatic heterocycles. The van der Waals surface area contributed by atoms with Crippen LogP contribution in [0.1, 0.15) is 25.3 Å². The van der Waals surface area contributed by atoms with Gasteiger partial charge in [0.25, 0.3) is 0 Å². The second-order valence-electron chi connectivity index (χ2n) is 7.84. The van der Waals surface area contributed by atoms with Crippen molar-refractivity contribution in [2.75, 3.05) is 26.2 Å². The first-order valence-electron chi connectivity index (χ1n) is 10.2. The normalized spacial score (nSPS) is 16.2. The number of sulfonamides is 1. The lowest BCUT2D eigenvalue weighted by molar-refractivity contribution is 0.146. The molecule has 0 radical (unpaired) electrons. The van der Waals surface area contributed by atoms with Crippen LogP contribution >= 0.6 is 0 Å². The highest BCUT2D eigenvalue weighted by Crippen LogP contribution is 2.22. The third kappa shape index (κ3) is 4.30. The predicted octanol–water partition coefficient (Wildman–Crippen LogP) is 3.03. The third-order valence-corrected chi connectivity index (χ3v) is 7.44. The van der Waals surface area contributed by atoms with Crippen LogP contribution in [0.4, 0.5) is 0 Å². The summed E-state index contributed by atoms with van der Waals surface area (Å²) < 4.78 is 29.5. The van der Waals surface area contributed by atoms with E-state index in [-0.39, 0.29) is 0 Å². The molecule has 8 heteroatoms. The van der Waals surface area contributed by atoms with Crippen LogP contribution in [0, 0.1) is 0 Å². The lowest BCUT2D eigenvalue weighted by Crippen LogP contribution is -2.48. The van der Waals surface area contributed by atoms with E-state index in [1.54, 1.807) is 28.8 Å². The summed E-state index contributed by atoms with van der Waals surface area (Å²) in [5.74, 6) is 0.379. The molecule has 0 N–H and O–H groups in total. The molecular formula is C22H27N5O2S. The van der Waals surface area contributed by atoms with E-state index in [1.807, 2.05) is 41.2 Å². The van der Waals surface area contributed by atoms with Crippen LogP contribution in [0.15, 0.2) is 66.0 Å². The van der Waals surface area contributed by atoms with Crippen LogP contribution in [0.3, 0.4) is 0 Å². The summed E-state index contributed by atoms with van der Waals surface area (Å²) in [5.41, 5.74) is 3.16. The average Bonchev–Trinajstić information content (AvgIpc) is 3.23. The van der Waals surface area contributed by atoms with E-state index >= 15 is 0 Å². The first-order chi connectivity index (χ1) is 14.4. The number of aromatic nitrogens is 3. The van der Waals surface area contributed by atoms with Crippen molar-refractivity contribution in [3.05, 3.63) is 66.6 Å². The van der Waals surface area contributed by atoms with E-state index in [9.17, 15) is 8.42 Å². The highest BCUT2D eigenvalue weighted by molar-refractivity contribution is 7.89. The van der Waals surface area contributed by atoms with Crippen LogP contribution in [0.2, 0.25) is 0 Å². The van der Waals surface area contributed by atoms with Crippen LogP contribution in [-0.4, -0.2) is 58.6 Å². The summed E-state index contributed by atoms with van der Waals surface area (Å²) in [5, 5.41) is 4.44. The fourth-order valence-electron chi connectivity index (χ4n) is 3.68. The minimum absolute atomic E-state index is 0.367. The van der Waals surface area contributed by atoms with Gasteiger partial charge in [-0.15, -0.1) is 0 Å². The van der Waals surface area contributed by atoms with Gasteiger partial charge in [0.05, 0.1) is 17.3 Å². The Morgan fingerprint density at radius 1 is 0.967 bits per heavy atom. The number of pyridine rings is 1. The first-order valence-corrected chi connectivity index (χ1v) is 11.6. The quantitative estimate of drug-likeness (QED) is 0.607. The van der Waals surface area contributed by atoms with E-state index in [0.717, 1.165) is 16.8 Å². The average molecular weight is 426 g/mol. The number of benzene rings is 1. The summed E-state index contributed by atoms with van der Waals surface area (Å²) in [6.45, 7) is 7.08. The summed E-state index contributed by atoms with van der Waals surface area (Å²) in [7, 11) is -3.47. The first kappa shape index (κ1) is 20.7. The summed E-state index contributed by atoms with van der Waals surface area (Å²) in [4.78, 5) is 6.77. The molecule has 0 spiro atoms. The summed E-state index contributed by atoms with van der Waals surface area (Å²) in [6, 6.07) is 13.1. The molecule has 4 rings (SSSR count). The molecule has 30 heavy (non-hydrogen) atoms. The molecule has 3 heterocycles. The Kier molecular flexibility index (Phi) is 5.99. The van der Waals surface area contributed by atoms with Gasteiger partial charge in [-0.2, -0.15) is 9.40 Å². The van der Waals surface area contributed by atoms with Gasteiger partial charge >= 0.3 is 0 Å². The van der Waals surface area contributed by atoms with E-state index in [1.165, 1.54) is 0 Å². The molecule has 1 aromatic carbocycles. The van der Waals surface area contributed by atoms with Gasteiger partial charge in [-0.05, 0) is 41.8 Å². The fourth-order valence-corrected chi connectivity index (χ4v) is 5.10. The topological polar surface area (TPSA) is 71.3 Å². The largest absolute Gasteiger partial charge is 0.282 e. The minimum Gasteiger partial charge on any atom is -0.282 e. The molecule has 0 saturated carbocycles. The maximum Gasteiger partial charge on any atom is 0.243 e. The Labute approximate surface area is 178 Å². The van der Waals surface area contributed by atoms with Crippen molar-refractivity contribution in [2.45, 2.75) is 31.3 Å². The lowest BCUT2D eigenvalue weighted by Gasteiger charge is -2.34. The lowest BCUT2D eigenvalue weighted by atomic mass is 10.0. The standard InChI is InChI=1S/C22H27N5O2S/c1-18(2)19-5-7-21(8-6-19)30(28,29)26-14-12-25(13-15-26)17-27-22(9-11-24-27)20-4-3-10-23-16-20/h3-11,16,18H,12-15,17H2,1-2H3. The highest BCUT2D eigenvalue weighted by Gasteiger charge is 2.28. The van der Waals surface area contributed by atoms with Gasteiger partial charge in [-0.3, -0.25) is 14.6 Å². The molecule has 1 aliphatic heterocycles. The van der Waals surface area contributed by atoms with Gasteiger partial charge in [-0.1, -0.05) is 26.0 Å². The number of rotatable bonds is 6. The predicted molar refractivity (Wildman–Crippen MR) is 116 cm³/mol. The van der Waals surface area contributed by atoms with E-state index in [4.69, 9.17) is 0 Å². The molecule has 0 bridgehead atoms. The van der Waals surface area contributed by atoms with Gasteiger partial charge in [0, 0.05) is 50.3 Å². The monoisotopic (exact) mass is 425 g/mol. The van der Waals surface area contributed by atoms with Gasteiger partial charge in [-0.25, -0.2) is 8.42 Å². The van der Waals surface area contributed by atoms with Crippen molar-refractivity contribution in [3.8, 4) is 11.3 Å². The Morgan fingerprint density at radius 3 is 2.33 bits per heavy atom. The maximum absolute atomic E-state index is 13.0. The fraction of sp³-hybridized carbons (Fsp3) is 0.364. The molecule has 1 aliphatic rings. The van der Waals surface area contributed by atoms with Gasteiger partial charge in [0.1, 0.15) is 0 Å². The van der Waals surface area contributed by atoms with Crippen molar-refractivity contribution in [1.82, 2.24) is 24.0 Å². The molecular weight excluding hydrogens is 398 g/mol. The Balaban J connectivity index is 1.40. The van der Waals surface area contributed by atoms with Gasteiger partial charge < -0.3 is 0 Å². The van der Waals surface area contributed by atoms with Crippen molar-refractivity contribution in [3.63, 3.8) is 0 Å². The molecule has 7 nitrogen and oxygen atoms in total. The SMILES string of the molecule is CC(C)c1ccc(S(=O)(=O)N2CCN(Cn3nccc3-c3cccnc3)CC2)cc1. The molecule has 3 aromatic rings. The van der Waals surface area contributed by atoms with Crippen molar-refractivity contribution >= 4 is 10.0 Å². The molecule has 0 aliphatic carbocycles. The van der Waals surface area contributed by atoms with Crippen LogP contribution < -0.4 is 0 Å². The maximum atomic E-state index is 13.0. The molecule has 1 fully saturated rings. The van der Waals surface area contributed by atoms with Crippen LogP contribution in [0.5, 0.6) is 0 Å². The molecule has 0 amide bonds. The smallest absolute Gasteiger partial charge is 0.243 e. The van der Waals surface area contributed by atoms with Crippen molar-refractivity contribution in [1.29, 1.82) is 0 Å². The minimum atomic E-state index is -3.47. The Hall–Kier alpha value is -2.55. The van der Waals surface area contributed by atoms with Crippen molar-refractivity contribution < 1.29 is 8.42 Å². The highest BCUT2D eigenvalue weighted by atomic mass is 32.2. The Morgan fingerprint density at radius 2 is 1.70 bits per heavy atom. The number of hydrogen-bond donors (Lipinski definition) is 0. The Bertz CT molecular complexity index is 1070. The zero-order chi connectivity index (χ0) is 21.1. The zero-order valence-electron chi connectivity index (χ0n) is 17.3. The van der Waals surface area contributed by atoms with Crippen LogP contribution in [-0.2, 0) is 16.7 Å². The van der Waals surface area contributed by atoms with Crippen molar-refractivity contribution in [2.24, 2.45) is 0 Å². The summed E-state index contributed by atoms with van der Waals surface area (Å²) in [6.07, 6.45) is 5.35. The molecule has 0 atom stereocenters. The summed E-state index contributed by atoms with van der Waals surface area (Å²) >= 11 is 0. The third-order valence-electron chi connectivity index (χ3n) is 5.52. The van der Waals surface area contributed by atoms with E-state index in [0.29, 0.717) is 43.7 Å². The van der Waals surface area contributed by atoms with E-state index in [2.05, 4.69) is 28.8 Å².